The SMILES string of the molecule is CCOc1cc(C2NC(=S)NC(C)=C2C(=O)OC)ccc1OCc1ccc(C)cc1. The molecule has 1 atom stereocenters. The number of allylic oxidation sites excluding steroid dienone is 1. The molecule has 1 heterocycles. The smallest absolute Gasteiger partial charge is 0.337 e. The topological polar surface area (TPSA) is 68.8 Å². The molecule has 1 aliphatic heterocycles. The van der Waals surface area contributed by atoms with Gasteiger partial charge in [-0.25, -0.2) is 4.79 Å². The van der Waals surface area contributed by atoms with E-state index in [1.165, 1.54) is 12.7 Å². The minimum atomic E-state index is -0.448. The van der Waals surface area contributed by atoms with Gasteiger partial charge in [0.15, 0.2) is 16.6 Å². The molecule has 158 valence electrons. The molecule has 2 N–H and O–H groups in total. The molecule has 0 aliphatic carbocycles. The van der Waals surface area contributed by atoms with Gasteiger partial charge in [0.2, 0.25) is 0 Å². The lowest BCUT2D eigenvalue weighted by Crippen LogP contribution is -2.45. The number of thiocarbonyl (C=S) groups is 1. The van der Waals surface area contributed by atoms with Crippen molar-refractivity contribution in [2.75, 3.05) is 13.7 Å². The zero-order chi connectivity index (χ0) is 21.7. The van der Waals surface area contributed by atoms with Gasteiger partial charge in [-0.2, -0.15) is 0 Å². The average molecular weight is 427 g/mol. The van der Waals surface area contributed by atoms with E-state index in [9.17, 15) is 4.79 Å². The third-order valence-electron chi connectivity index (χ3n) is 4.79. The first-order chi connectivity index (χ1) is 14.4. The molecular weight excluding hydrogens is 400 g/mol. The first kappa shape index (κ1) is 21.6. The highest BCUT2D eigenvalue weighted by Crippen LogP contribution is 2.35. The molecular formula is C23H26N2O4S. The molecule has 0 saturated heterocycles. The average Bonchev–Trinajstić information content (AvgIpc) is 2.73. The molecule has 2 aromatic carbocycles. The maximum atomic E-state index is 12.4. The highest BCUT2D eigenvalue weighted by atomic mass is 32.1. The second-order valence-corrected chi connectivity index (χ2v) is 7.38. The Kier molecular flexibility index (Phi) is 6.95. The summed E-state index contributed by atoms with van der Waals surface area (Å²) in [6.07, 6.45) is 0. The van der Waals surface area contributed by atoms with Gasteiger partial charge in [-0.1, -0.05) is 35.9 Å². The summed E-state index contributed by atoms with van der Waals surface area (Å²) in [5, 5.41) is 6.57. The predicted molar refractivity (Wildman–Crippen MR) is 119 cm³/mol. The number of hydrogen-bond acceptors (Lipinski definition) is 5. The quantitative estimate of drug-likeness (QED) is 0.513. The summed E-state index contributed by atoms with van der Waals surface area (Å²) in [7, 11) is 1.36. The summed E-state index contributed by atoms with van der Waals surface area (Å²) in [4.78, 5) is 12.4. The van der Waals surface area contributed by atoms with Crippen molar-refractivity contribution in [1.29, 1.82) is 0 Å². The van der Waals surface area contributed by atoms with Crippen LogP contribution in [0.3, 0.4) is 0 Å². The van der Waals surface area contributed by atoms with Crippen LogP contribution in [-0.4, -0.2) is 24.8 Å². The van der Waals surface area contributed by atoms with E-state index >= 15 is 0 Å². The van der Waals surface area contributed by atoms with Crippen LogP contribution < -0.4 is 20.1 Å². The van der Waals surface area contributed by atoms with Gasteiger partial charge in [0.25, 0.3) is 0 Å². The first-order valence-electron chi connectivity index (χ1n) is 9.74. The Bertz CT molecular complexity index is 970. The molecule has 0 amide bonds. The van der Waals surface area contributed by atoms with Gasteiger partial charge in [-0.15, -0.1) is 0 Å². The molecule has 30 heavy (non-hydrogen) atoms. The Morgan fingerprint density at radius 2 is 1.80 bits per heavy atom. The van der Waals surface area contributed by atoms with E-state index in [1.54, 1.807) is 6.92 Å². The number of carbonyl (C=O) groups excluding carboxylic acids is 1. The van der Waals surface area contributed by atoms with Gasteiger partial charge in [0.05, 0.1) is 25.3 Å². The van der Waals surface area contributed by atoms with Gasteiger partial charge in [0, 0.05) is 5.70 Å². The lowest BCUT2D eigenvalue weighted by molar-refractivity contribution is -0.136. The highest BCUT2D eigenvalue weighted by molar-refractivity contribution is 7.80. The zero-order valence-electron chi connectivity index (χ0n) is 17.6. The molecule has 0 fully saturated rings. The van der Waals surface area contributed by atoms with Crippen molar-refractivity contribution in [3.63, 3.8) is 0 Å². The summed E-state index contributed by atoms with van der Waals surface area (Å²) >= 11 is 5.29. The Balaban J connectivity index is 1.89. The molecule has 6 nitrogen and oxygen atoms in total. The van der Waals surface area contributed by atoms with Crippen molar-refractivity contribution in [3.8, 4) is 11.5 Å². The summed E-state index contributed by atoms with van der Waals surface area (Å²) in [5.41, 5.74) is 4.24. The number of methoxy groups -OCH3 is 1. The van der Waals surface area contributed by atoms with Gasteiger partial charge in [-0.3, -0.25) is 0 Å². The van der Waals surface area contributed by atoms with Crippen molar-refractivity contribution >= 4 is 23.3 Å². The second kappa shape index (κ2) is 9.63. The molecule has 0 spiro atoms. The van der Waals surface area contributed by atoms with Crippen LogP contribution in [0.2, 0.25) is 0 Å². The molecule has 1 aliphatic rings. The van der Waals surface area contributed by atoms with E-state index in [0.29, 0.717) is 41.1 Å². The fraction of sp³-hybridized carbons (Fsp3) is 0.304. The van der Waals surface area contributed by atoms with Crippen molar-refractivity contribution in [2.45, 2.75) is 33.4 Å². The molecule has 2 aromatic rings. The van der Waals surface area contributed by atoms with Crippen molar-refractivity contribution in [2.24, 2.45) is 0 Å². The van der Waals surface area contributed by atoms with Crippen LogP contribution in [0.5, 0.6) is 11.5 Å². The van der Waals surface area contributed by atoms with E-state index in [1.807, 2.05) is 37.3 Å². The van der Waals surface area contributed by atoms with Crippen molar-refractivity contribution in [1.82, 2.24) is 10.6 Å². The number of carbonyl (C=O) groups is 1. The Hall–Kier alpha value is -3.06. The molecule has 0 saturated carbocycles. The lowest BCUT2D eigenvalue weighted by Gasteiger charge is -2.30. The summed E-state index contributed by atoms with van der Waals surface area (Å²) in [6.45, 7) is 6.69. The second-order valence-electron chi connectivity index (χ2n) is 6.98. The standard InChI is InChI=1S/C23H26N2O4S/c1-5-28-19-12-17(21-20(22(26)27-4)15(3)24-23(30)25-21)10-11-18(19)29-13-16-8-6-14(2)7-9-16/h6-12,21H,5,13H2,1-4H3,(H2,24,25,30). The Labute approximate surface area is 182 Å². The number of nitrogens with one attached hydrogen (secondary N) is 2. The number of esters is 1. The van der Waals surface area contributed by atoms with E-state index < -0.39 is 12.0 Å². The molecule has 1 unspecified atom stereocenters. The normalized spacial score (nSPS) is 15.9. The number of benzene rings is 2. The van der Waals surface area contributed by atoms with Gasteiger partial charge < -0.3 is 24.8 Å². The van der Waals surface area contributed by atoms with Crippen LogP contribution in [0.1, 0.15) is 36.6 Å². The monoisotopic (exact) mass is 426 g/mol. The largest absolute Gasteiger partial charge is 0.490 e. The first-order valence-corrected chi connectivity index (χ1v) is 10.2. The summed E-state index contributed by atoms with van der Waals surface area (Å²) in [6, 6.07) is 13.4. The Morgan fingerprint density at radius 1 is 1.07 bits per heavy atom. The van der Waals surface area contributed by atoms with Gasteiger partial charge in [-0.05, 0) is 56.2 Å². The van der Waals surface area contributed by atoms with Crippen LogP contribution in [0.4, 0.5) is 0 Å². The minimum absolute atomic E-state index is 0.419. The van der Waals surface area contributed by atoms with Crippen LogP contribution in [0.25, 0.3) is 0 Å². The van der Waals surface area contributed by atoms with Crippen LogP contribution in [0, 0.1) is 6.92 Å². The summed E-state index contributed by atoms with van der Waals surface area (Å²) in [5.74, 6) is 0.825. The minimum Gasteiger partial charge on any atom is -0.490 e. The summed E-state index contributed by atoms with van der Waals surface area (Å²) < 4.78 is 16.8. The Morgan fingerprint density at radius 3 is 2.47 bits per heavy atom. The molecule has 7 heteroatoms. The predicted octanol–water partition coefficient (Wildman–Crippen LogP) is 3.94. The van der Waals surface area contributed by atoms with E-state index in [0.717, 1.165) is 11.1 Å². The molecule has 0 bridgehead atoms. The highest BCUT2D eigenvalue weighted by Gasteiger charge is 2.31. The number of rotatable bonds is 7. The maximum absolute atomic E-state index is 12.4. The maximum Gasteiger partial charge on any atom is 0.337 e. The number of aryl methyl sites for hydroxylation is 1. The third-order valence-corrected chi connectivity index (χ3v) is 5.01. The van der Waals surface area contributed by atoms with Gasteiger partial charge >= 0.3 is 5.97 Å². The van der Waals surface area contributed by atoms with Crippen LogP contribution in [-0.2, 0) is 16.1 Å². The molecule has 3 rings (SSSR count). The van der Waals surface area contributed by atoms with Crippen LogP contribution in [0.15, 0.2) is 53.7 Å². The van der Waals surface area contributed by atoms with Gasteiger partial charge in [0.1, 0.15) is 6.61 Å². The van der Waals surface area contributed by atoms with Crippen LogP contribution >= 0.6 is 12.2 Å². The molecule has 0 radical (unpaired) electrons. The number of hydrogen-bond donors (Lipinski definition) is 2. The third kappa shape index (κ3) is 4.91. The zero-order valence-corrected chi connectivity index (χ0v) is 18.4. The fourth-order valence-electron chi connectivity index (χ4n) is 3.26. The van der Waals surface area contributed by atoms with E-state index in [2.05, 4.69) is 29.7 Å². The molecule has 0 aromatic heterocycles. The number of ether oxygens (including phenoxy) is 3. The van der Waals surface area contributed by atoms with Crippen molar-refractivity contribution in [3.05, 3.63) is 70.4 Å². The lowest BCUT2D eigenvalue weighted by atomic mass is 9.95. The van der Waals surface area contributed by atoms with E-state index in [4.69, 9.17) is 26.4 Å². The fourth-order valence-corrected chi connectivity index (χ4v) is 3.53. The van der Waals surface area contributed by atoms with E-state index in [-0.39, 0.29) is 0 Å². The van der Waals surface area contributed by atoms with Crippen molar-refractivity contribution < 1.29 is 19.0 Å².